The van der Waals surface area contributed by atoms with E-state index in [-0.39, 0.29) is 5.91 Å². The fourth-order valence-corrected chi connectivity index (χ4v) is 3.50. The molecule has 0 atom stereocenters. The molecule has 0 saturated heterocycles. The summed E-state index contributed by atoms with van der Waals surface area (Å²) in [5, 5.41) is 4.80. The van der Waals surface area contributed by atoms with Gasteiger partial charge in [0.1, 0.15) is 5.75 Å². The number of halogens is 1. The van der Waals surface area contributed by atoms with Gasteiger partial charge in [-0.3, -0.25) is 4.79 Å². The van der Waals surface area contributed by atoms with E-state index in [9.17, 15) is 4.79 Å². The van der Waals surface area contributed by atoms with Crippen LogP contribution in [0, 0.1) is 0 Å². The number of aromatic nitrogens is 1. The summed E-state index contributed by atoms with van der Waals surface area (Å²) in [6.07, 6.45) is 3.67. The second-order valence-electron chi connectivity index (χ2n) is 6.51. The molecule has 1 aliphatic carbocycles. The summed E-state index contributed by atoms with van der Waals surface area (Å²) >= 11 is 6.14. The van der Waals surface area contributed by atoms with Crippen molar-refractivity contribution in [3.63, 3.8) is 0 Å². The second-order valence-corrected chi connectivity index (χ2v) is 6.94. The number of ether oxygens (including phenoxy) is 1. The fourth-order valence-electron chi connectivity index (χ4n) is 3.33. The van der Waals surface area contributed by atoms with Gasteiger partial charge >= 0.3 is 0 Å². The zero-order valence-electron chi connectivity index (χ0n) is 13.9. The quantitative estimate of drug-likeness (QED) is 0.722. The number of carbonyl (C=O) groups excluding carboxylic acids is 1. The van der Waals surface area contributed by atoms with Crippen LogP contribution in [0.2, 0.25) is 5.02 Å². The van der Waals surface area contributed by atoms with E-state index < -0.39 is 5.41 Å². The van der Waals surface area contributed by atoms with Gasteiger partial charge in [0.25, 0.3) is 0 Å². The first kappa shape index (κ1) is 16.0. The molecule has 25 heavy (non-hydrogen) atoms. The molecule has 0 bridgehead atoms. The minimum atomic E-state index is -0.435. The first-order chi connectivity index (χ1) is 12.1. The van der Waals surface area contributed by atoms with Gasteiger partial charge in [0, 0.05) is 28.7 Å². The standard InChI is InChI=1S/C20H19ClN2O2/c1-25-15-5-2-13(3-6-15)11-23-19(24)20(8-9-20)17-12-22-18-7-4-14(21)10-16(17)18/h2-7,10,12,22H,8-9,11H2,1H3,(H,23,24). The number of aromatic amines is 1. The fraction of sp³-hybridized carbons (Fsp3) is 0.250. The van der Waals surface area contributed by atoms with E-state index in [2.05, 4.69) is 10.3 Å². The lowest BCUT2D eigenvalue weighted by atomic mass is 9.94. The topological polar surface area (TPSA) is 54.1 Å². The van der Waals surface area contributed by atoms with Gasteiger partial charge in [-0.1, -0.05) is 23.7 Å². The number of nitrogens with one attached hydrogen (secondary N) is 2. The second kappa shape index (κ2) is 6.12. The third kappa shape index (κ3) is 2.87. The van der Waals surface area contributed by atoms with Crippen molar-refractivity contribution in [1.82, 2.24) is 10.3 Å². The molecular formula is C20H19ClN2O2. The van der Waals surface area contributed by atoms with Gasteiger partial charge < -0.3 is 15.0 Å². The normalized spacial score (nSPS) is 15.1. The maximum Gasteiger partial charge on any atom is 0.231 e. The maximum absolute atomic E-state index is 12.9. The van der Waals surface area contributed by atoms with Crippen molar-refractivity contribution >= 4 is 28.4 Å². The number of fused-ring (bicyclic) bond motifs is 1. The molecule has 2 aromatic carbocycles. The van der Waals surface area contributed by atoms with Crippen molar-refractivity contribution in [2.75, 3.05) is 7.11 Å². The molecular weight excluding hydrogens is 336 g/mol. The summed E-state index contributed by atoms with van der Waals surface area (Å²) in [4.78, 5) is 16.1. The SMILES string of the molecule is COc1ccc(CNC(=O)C2(c3c[nH]c4ccc(Cl)cc34)CC2)cc1. The van der Waals surface area contributed by atoms with E-state index >= 15 is 0 Å². The molecule has 1 amide bonds. The van der Waals surface area contributed by atoms with Crippen LogP contribution < -0.4 is 10.1 Å². The Bertz CT molecular complexity index is 927. The zero-order chi connectivity index (χ0) is 17.4. The molecule has 1 aliphatic rings. The van der Waals surface area contributed by atoms with Crippen LogP contribution in [0.1, 0.15) is 24.0 Å². The molecule has 0 unspecified atom stereocenters. The third-order valence-corrected chi connectivity index (χ3v) is 5.19. The minimum Gasteiger partial charge on any atom is -0.497 e. The van der Waals surface area contributed by atoms with E-state index in [0.717, 1.165) is 40.6 Å². The number of rotatable bonds is 5. The molecule has 1 fully saturated rings. The predicted octanol–water partition coefficient (Wildman–Crippen LogP) is 4.18. The van der Waals surface area contributed by atoms with Crippen molar-refractivity contribution in [3.05, 3.63) is 64.8 Å². The molecule has 5 heteroatoms. The van der Waals surface area contributed by atoms with Crippen LogP contribution in [0.4, 0.5) is 0 Å². The molecule has 1 saturated carbocycles. The zero-order valence-corrected chi connectivity index (χ0v) is 14.7. The van der Waals surface area contributed by atoms with Crippen LogP contribution in [0.5, 0.6) is 5.75 Å². The van der Waals surface area contributed by atoms with Crippen LogP contribution >= 0.6 is 11.6 Å². The highest BCUT2D eigenvalue weighted by molar-refractivity contribution is 6.31. The Labute approximate surface area is 151 Å². The predicted molar refractivity (Wildman–Crippen MR) is 99.1 cm³/mol. The highest BCUT2D eigenvalue weighted by Crippen LogP contribution is 2.50. The molecule has 0 spiro atoms. The molecule has 4 nitrogen and oxygen atoms in total. The van der Waals surface area contributed by atoms with Crippen LogP contribution in [0.3, 0.4) is 0 Å². The summed E-state index contributed by atoms with van der Waals surface area (Å²) in [5.74, 6) is 0.883. The number of methoxy groups -OCH3 is 1. The summed E-state index contributed by atoms with van der Waals surface area (Å²) in [6, 6.07) is 13.5. The highest BCUT2D eigenvalue weighted by atomic mass is 35.5. The van der Waals surface area contributed by atoms with Gasteiger partial charge in [0.15, 0.2) is 0 Å². The number of benzene rings is 2. The smallest absolute Gasteiger partial charge is 0.231 e. The van der Waals surface area contributed by atoms with Crippen LogP contribution in [-0.2, 0) is 16.8 Å². The molecule has 4 rings (SSSR count). The summed E-state index contributed by atoms with van der Waals surface area (Å²) < 4.78 is 5.16. The third-order valence-electron chi connectivity index (χ3n) is 4.96. The molecule has 0 aliphatic heterocycles. The summed E-state index contributed by atoms with van der Waals surface area (Å²) in [6.45, 7) is 0.508. The lowest BCUT2D eigenvalue weighted by Gasteiger charge is -2.15. The van der Waals surface area contributed by atoms with E-state index in [1.807, 2.05) is 48.7 Å². The van der Waals surface area contributed by atoms with Gasteiger partial charge in [-0.15, -0.1) is 0 Å². The van der Waals surface area contributed by atoms with Crippen LogP contribution in [0.25, 0.3) is 10.9 Å². The number of carbonyl (C=O) groups is 1. The van der Waals surface area contributed by atoms with Gasteiger partial charge in [-0.25, -0.2) is 0 Å². The van der Waals surface area contributed by atoms with Gasteiger partial charge in [-0.2, -0.15) is 0 Å². The molecule has 2 N–H and O–H groups in total. The Kier molecular flexibility index (Phi) is 3.92. The lowest BCUT2D eigenvalue weighted by Crippen LogP contribution is -2.34. The van der Waals surface area contributed by atoms with Crippen molar-refractivity contribution in [1.29, 1.82) is 0 Å². The van der Waals surface area contributed by atoms with Gasteiger partial charge in [0.2, 0.25) is 5.91 Å². The number of amides is 1. The van der Waals surface area contributed by atoms with Crippen LogP contribution in [-0.4, -0.2) is 18.0 Å². The van der Waals surface area contributed by atoms with E-state index in [1.165, 1.54) is 0 Å². The number of hydrogen-bond acceptors (Lipinski definition) is 2. The highest BCUT2D eigenvalue weighted by Gasteiger charge is 2.52. The Morgan fingerprint density at radius 2 is 2.00 bits per heavy atom. The summed E-state index contributed by atoms with van der Waals surface area (Å²) in [7, 11) is 1.64. The molecule has 0 radical (unpaired) electrons. The van der Waals surface area contributed by atoms with E-state index in [1.54, 1.807) is 7.11 Å². The molecule has 1 aromatic heterocycles. The lowest BCUT2D eigenvalue weighted by molar-refractivity contribution is -0.123. The Morgan fingerprint density at radius 1 is 1.24 bits per heavy atom. The van der Waals surface area contributed by atoms with E-state index in [4.69, 9.17) is 16.3 Å². The van der Waals surface area contributed by atoms with E-state index in [0.29, 0.717) is 11.6 Å². The Balaban J connectivity index is 1.53. The largest absolute Gasteiger partial charge is 0.497 e. The Morgan fingerprint density at radius 3 is 2.68 bits per heavy atom. The summed E-state index contributed by atoms with van der Waals surface area (Å²) in [5.41, 5.74) is 2.66. The molecule has 1 heterocycles. The van der Waals surface area contributed by atoms with Crippen molar-refractivity contribution in [3.8, 4) is 5.75 Å². The monoisotopic (exact) mass is 354 g/mol. The van der Waals surface area contributed by atoms with Gasteiger partial charge in [0.05, 0.1) is 12.5 Å². The van der Waals surface area contributed by atoms with Crippen molar-refractivity contribution < 1.29 is 9.53 Å². The van der Waals surface area contributed by atoms with Crippen molar-refractivity contribution in [2.45, 2.75) is 24.8 Å². The number of H-pyrrole nitrogens is 1. The maximum atomic E-state index is 12.9. The average molecular weight is 355 g/mol. The molecule has 128 valence electrons. The Hall–Kier alpha value is -2.46. The molecule has 3 aromatic rings. The minimum absolute atomic E-state index is 0.0733. The first-order valence-electron chi connectivity index (χ1n) is 8.31. The number of hydrogen-bond donors (Lipinski definition) is 2. The van der Waals surface area contributed by atoms with Gasteiger partial charge in [-0.05, 0) is 54.3 Å². The first-order valence-corrected chi connectivity index (χ1v) is 8.68. The van der Waals surface area contributed by atoms with Crippen molar-refractivity contribution in [2.24, 2.45) is 0 Å². The van der Waals surface area contributed by atoms with Crippen LogP contribution in [0.15, 0.2) is 48.7 Å². The average Bonchev–Trinajstić information content (AvgIpc) is 3.34.